The van der Waals surface area contributed by atoms with Crippen LogP contribution in [0, 0.1) is 0 Å². The van der Waals surface area contributed by atoms with Gasteiger partial charge in [0.15, 0.2) is 5.82 Å². The van der Waals surface area contributed by atoms with Crippen LogP contribution in [0.3, 0.4) is 0 Å². The second kappa shape index (κ2) is 6.47. The molecule has 0 bridgehead atoms. The first kappa shape index (κ1) is 17.4. The standard InChI is InChI=1S/C15H20N4O6/c1-3-23-14(22)24-6-15(2)12(21)10(20)11(25-15)8-4-5-9-13(16)17-7-18-19(8)9/h4-5,7,10-12,20-21H,3,6H2,1-2H3,(H2,16,17,18)/t10-,11-,12-,15+/m0/s1. The maximum atomic E-state index is 11.4. The van der Waals surface area contributed by atoms with Crippen LogP contribution in [0.2, 0.25) is 0 Å². The lowest BCUT2D eigenvalue weighted by atomic mass is 9.97. The van der Waals surface area contributed by atoms with Crippen molar-refractivity contribution < 1.29 is 29.2 Å². The Bertz CT molecular complexity index is 780. The number of hydrogen-bond acceptors (Lipinski definition) is 9. The Morgan fingerprint density at radius 2 is 2.20 bits per heavy atom. The van der Waals surface area contributed by atoms with Crippen LogP contribution >= 0.6 is 0 Å². The number of nitrogen functional groups attached to an aromatic ring is 1. The zero-order chi connectivity index (χ0) is 18.2. The lowest BCUT2D eigenvalue weighted by Crippen LogP contribution is -2.44. The maximum absolute atomic E-state index is 11.4. The molecule has 25 heavy (non-hydrogen) atoms. The minimum Gasteiger partial charge on any atom is -0.435 e. The van der Waals surface area contributed by atoms with Gasteiger partial charge in [0.25, 0.3) is 0 Å². The number of carbonyl (C=O) groups excluding carboxylic acids is 1. The van der Waals surface area contributed by atoms with Gasteiger partial charge in [-0.05, 0) is 26.0 Å². The first-order valence-electron chi connectivity index (χ1n) is 7.79. The van der Waals surface area contributed by atoms with E-state index in [-0.39, 0.29) is 19.0 Å². The van der Waals surface area contributed by atoms with Crippen molar-refractivity contribution in [3.05, 3.63) is 24.2 Å². The van der Waals surface area contributed by atoms with E-state index in [9.17, 15) is 15.0 Å². The van der Waals surface area contributed by atoms with Gasteiger partial charge in [-0.2, -0.15) is 5.10 Å². The number of aliphatic hydroxyl groups excluding tert-OH is 2. The summed E-state index contributed by atoms with van der Waals surface area (Å²) >= 11 is 0. The average Bonchev–Trinajstić information content (AvgIpc) is 3.10. The second-order valence-corrected chi connectivity index (χ2v) is 5.96. The molecule has 0 spiro atoms. The molecule has 10 nitrogen and oxygen atoms in total. The average molecular weight is 352 g/mol. The molecule has 136 valence electrons. The van der Waals surface area contributed by atoms with Crippen molar-refractivity contribution in [2.75, 3.05) is 18.9 Å². The van der Waals surface area contributed by atoms with E-state index in [0.29, 0.717) is 11.2 Å². The second-order valence-electron chi connectivity index (χ2n) is 5.96. The molecule has 1 fully saturated rings. The summed E-state index contributed by atoms with van der Waals surface area (Å²) in [6.07, 6.45) is -3.00. The van der Waals surface area contributed by atoms with E-state index in [2.05, 4.69) is 14.8 Å². The number of rotatable bonds is 4. The number of anilines is 1. The molecule has 4 atom stereocenters. The van der Waals surface area contributed by atoms with Gasteiger partial charge in [-0.1, -0.05) is 0 Å². The van der Waals surface area contributed by atoms with Gasteiger partial charge >= 0.3 is 6.16 Å². The Morgan fingerprint density at radius 1 is 1.44 bits per heavy atom. The maximum Gasteiger partial charge on any atom is 0.508 e. The number of hydrogen-bond donors (Lipinski definition) is 3. The van der Waals surface area contributed by atoms with Gasteiger partial charge in [0.05, 0.1) is 12.3 Å². The Kier molecular flexibility index (Phi) is 4.50. The largest absolute Gasteiger partial charge is 0.508 e. The van der Waals surface area contributed by atoms with Crippen LogP contribution in [0.1, 0.15) is 25.6 Å². The predicted molar refractivity (Wildman–Crippen MR) is 84.6 cm³/mol. The fraction of sp³-hybridized carbons (Fsp3) is 0.533. The van der Waals surface area contributed by atoms with Crippen molar-refractivity contribution in [1.29, 1.82) is 0 Å². The molecule has 10 heteroatoms. The van der Waals surface area contributed by atoms with Gasteiger partial charge in [-0.25, -0.2) is 14.3 Å². The molecule has 4 N–H and O–H groups in total. The smallest absolute Gasteiger partial charge is 0.435 e. The Morgan fingerprint density at radius 3 is 2.92 bits per heavy atom. The summed E-state index contributed by atoms with van der Waals surface area (Å²) in [4.78, 5) is 15.3. The molecule has 0 aliphatic carbocycles. The fourth-order valence-corrected chi connectivity index (χ4v) is 2.86. The molecule has 0 saturated carbocycles. The summed E-state index contributed by atoms with van der Waals surface area (Å²) in [5.41, 5.74) is 5.54. The predicted octanol–water partition coefficient (Wildman–Crippen LogP) is 0.0364. The van der Waals surface area contributed by atoms with Crippen molar-refractivity contribution in [3.8, 4) is 0 Å². The van der Waals surface area contributed by atoms with Crippen molar-refractivity contribution in [2.45, 2.75) is 37.8 Å². The molecule has 1 aliphatic rings. The van der Waals surface area contributed by atoms with Crippen molar-refractivity contribution in [1.82, 2.24) is 14.6 Å². The third kappa shape index (κ3) is 2.99. The lowest BCUT2D eigenvalue weighted by molar-refractivity contribution is -0.109. The number of fused-ring (bicyclic) bond motifs is 1. The molecule has 2 aromatic rings. The molecule has 3 rings (SSSR count). The topological polar surface area (TPSA) is 141 Å². The van der Waals surface area contributed by atoms with Crippen LogP contribution in [-0.2, 0) is 14.2 Å². The Labute approximate surface area is 143 Å². The normalized spacial score (nSPS) is 29.0. The molecule has 3 heterocycles. The SMILES string of the molecule is CCOC(=O)OC[C@@]1(C)O[C@@H](c2ccc3c(N)ncnn23)[C@H](O)[C@@H]1O. The van der Waals surface area contributed by atoms with Crippen molar-refractivity contribution in [3.63, 3.8) is 0 Å². The Hall–Kier alpha value is -2.43. The number of ether oxygens (including phenoxy) is 3. The first-order chi connectivity index (χ1) is 11.9. The first-order valence-corrected chi connectivity index (χ1v) is 7.79. The molecule has 0 unspecified atom stereocenters. The Balaban J connectivity index is 1.84. The number of nitrogens with two attached hydrogens (primary N) is 1. The lowest BCUT2D eigenvalue weighted by Gasteiger charge is -2.26. The van der Waals surface area contributed by atoms with E-state index in [1.165, 1.54) is 10.8 Å². The molecular weight excluding hydrogens is 332 g/mol. The van der Waals surface area contributed by atoms with E-state index in [0.717, 1.165) is 0 Å². The number of aromatic nitrogens is 3. The molecule has 1 aliphatic heterocycles. The van der Waals surface area contributed by atoms with Gasteiger partial charge in [-0.3, -0.25) is 0 Å². The zero-order valence-electron chi connectivity index (χ0n) is 13.8. The zero-order valence-corrected chi connectivity index (χ0v) is 13.8. The molecule has 0 amide bonds. The van der Waals surface area contributed by atoms with E-state index in [1.807, 2.05) is 0 Å². The van der Waals surface area contributed by atoms with Gasteiger partial charge < -0.3 is 30.2 Å². The minimum atomic E-state index is -1.31. The van der Waals surface area contributed by atoms with Gasteiger partial charge in [0.2, 0.25) is 0 Å². The van der Waals surface area contributed by atoms with Crippen molar-refractivity contribution in [2.24, 2.45) is 0 Å². The summed E-state index contributed by atoms with van der Waals surface area (Å²) in [5, 5.41) is 24.9. The molecule has 0 radical (unpaired) electrons. The highest BCUT2D eigenvalue weighted by Crippen LogP contribution is 2.40. The van der Waals surface area contributed by atoms with Gasteiger partial charge in [0.1, 0.15) is 42.4 Å². The van der Waals surface area contributed by atoms with E-state index in [4.69, 9.17) is 15.2 Å². The fourth-order valence-electron chi connectivity index (χ4n) is 2.86. The van der Waals surface area contributed by atoms with Crippen LogP contribution < -0.4 is 5.73 Å². The highest BCUT2D eigenvalue weighted by molar-refractivity contribution is 5.65. The summed E-state index contributed by atoms with van der Waals surface area (Å²) in [7, 11) is 0. The highest BCUT2D eigenvalue weighted by atomic mass is 16.7. The number of carbonyl (C=O) groups is 1. The monoisotopic (exact) mass is 352 g/mol. The number of aliphatic hydroxyl groups is 2. The number of nitrogens with zero attached hydrogens (tertiary/aromatic N) is 3. The van der Waals surface area contributed by atoms with E-state index >= 15 is 0 Å². The molecule has 1 saturated heterocycles. The summed E-state index contributed by atoms with van der Waals surface area (Å²) in [5.74, 6) is 0.280. The molecular formula is C15H20N4O6. The van der Waals surface area contributed by atoms with Gasteiger partial charge in [-0.15, -0.1) is 0 Å². The minimum absolute atomic E-state index is 0.168. The highest BCUT2D eigenvalue weighted by Gasteiger charge is 2.53. The van der Waals surface area contributed by atoms with E-state index < -0.39 is 30.1 Å². The quantitative estimate of drug-likeness (QED) is 0.650. The third-order valence-corrected chi connectivity index (χ3v) is 4.20. The van der Waals surface area contributed by atoms with Crippen LogP contribution in [0.5, 0.6) is 0 Å². The van der Waals surface area contributed by atoms with E-state index in [1.54, 1.807) is 26.0 Å². The van der Waals surface area contributed by atoms with Gasteiger partial charge in [0, 0.05) is 0 Å². The summed E-state index contributed by atoms with van der Waals surface area (Å²) in [6, 6.07) is 3.37. The van der Waals surface area contributed by atoms with Crippen LogP contribution in [0.15, 0.2) is 18.5 Å². The summed E-state index contributed by atoms with van der Waals surface area (Å²) in [6.45, 7) is 3.08. The van der Waals surface area contributed by atoms with Crippen LogP contribution in [-0.4, -0.2) is 62.0 Å². The molecule has 2 aromatic heterocycles. The van der Waals surface area contributed by atoms with Crippen LogP contribution in [0.25, 0.3) is 5.52 Å². The van der Waals surface area contributed by atoms with Crippen molar-refractivity contribution >= 4 is 17.5 Å². The summed E-state index contributed by atoms with van der Waals surface area (Å²) < 4.78 is 17.0. The third-order valence-electron chi connectivity index (χ3n) is 4.20. The molecule has 0 aromatic carbocycles. The van der Waals surface area contributed by atoms with Crippen LogP contribution in [0.4, 0.5) is 10.6 Å².